The Bertz CT molecular complexity index is 391. The SMILES string of the molecule is C=CSC(CC(=O)c1ccccc1)[N+](=O)[O-]. The fourth-order valence-corrected chi connectivity index (χ4v) is 1.75. The Morgan fingerprint density at radius 2 is 2.12 bits per heavy atom. The second-order valence-corrected chi connectivity index (χ2v) is 4.19. The Kier molecular flexibility index (Phi) is 4.72. The molecular formula is C11H11NO3S. The molecular weight excluding hydrogens is 226 g/mol. The topological polar surface area (TPSA) is 60.2 Å². The third-order valence-corrected chi connectivity index (χ3v) is 2.79. The first-order chi connectivity index (χ1) is 7.65. The first-order valence-corrected chi connectivity index (χ1v) is 5.57. The molecule has 0 spiro atoms. The van der Waals surface area contributed by atoms with Gasteiger partial charge in [-0.25, -0.2) is 0 Å². The summed E-state index contributed by atoms with van der Waals surface area (Å²) in [5, 5.41) is 11.1. The summed E-state index contributed by atoms with van der Waals surface area (Å²) in [6.45, 7) is 3.41. The molecule has 0 radical (unpaired) electrons. The highest BCUT2D eigenvalue weighted by Gasteiger charge is 2.23. The van der Waals surface area contributed by atoms with Crippen molar-refractivity contribution >= 4 is 17.5 Å². The number of hydrogen-bond donors (Lipinski definition) is 0. The Balaban J connectivity index is 2.69. The van der Waals surface area contributed by atoms with Crippen LogP contribution in [-0.2, 0) is 0 Å². The van der Waals surface area contributed by atoms with Crippen molar-refractivity contribution in [1.29, 1.82) is 0 Å². The molecule has 16 heavy (non-hydrogen) atoms. The van der Waals surface area contributed by atoms with Crippen molar-refractivity contribution in [2.45, 2.75) is 11.8 Å². The summed E-state index contributed by atoms with van der Waals surface area (Å²) in [5.74, 6) is -0.225. The van der Waals surface area contributed by atoms with Gasteiger partial charge in [0.25, 0.3) is 5.37 Å². The minimum Gasteiger partial charge on any atom is -0.294 e. The van der Waals surface area contributed by atoms with Gasteiger partial charge in [0.1, 0.15) is 0 Å². The van der Waals surface area contributed by atoms with E-state index in [1.54, 1.807) is 30.3 Å². The summed E-state index contributed by atoms with van der Waals surface area (Å²) >= 11 is 0.951. The molecule has 0 aliphatic heterocycles. The normalized spacial score (nSPS) is 11.8. The van der Waals surface area contributed by atoms with E-state index < -0.39 is 10.3 Å². The van der Waals surface area contributed by atoms with E-state index >= 15 is 0 Å². The first kappa shape index (κ1) is 12.4. The second kappa shape index (κ2) is 6.07. The van der Waals surface area contributed by atoms with Crippen molar-refractivity contribution < 1.29 is 9.72 Å². The number of ketones is 1. The van der Waals surface area contributed by atoms with Gasteiger partial charge in [-0.2, -0.15) is 0 Å². The van der Waals surface area contributed by atoms with Crippen LogP contribution in [0.15, 0.2) is 42.3 Å². The molecule has 1 aromatic carbocycles. The largest absolute Gasteiger partial charge is 0.294 e. The molecule has 0 N–H and O–H groups in total. The van der Waals surface area contributed by atoms with Crippen molar-refractivity contribution in [3.63, 3.8) is 0 Å². The summed E-state index contributed by atoms with van der Waals surface area (Å²) in [7, 11) is 0. The van der Waals surface area contributed by atoms with Crippen LogP contribution in [0.1, 0.15) is 16.8 Å². The molecule has 0 bridgehead atoms. The molecule has 1 unspecified atom stereocenters. The molecule has 0 fully saturated rings. The van der Waals surface area contributed by atoms with E-state index in [-0.39, 0.29) is 12.2 Å². The van der Waals surface area contributed by atoms with E-state index in [1.165, 1.54) is 5.41 Å². The summed E-state index contributed by atoms with van der Waals surface area (Å²) in [4.78, 5) is 21.9. The zero-order valence-electron chi connectivity index (χ0n) is 8.54. The van der Waals surface area contributed by atoms with E-state index in [1.807, 2.05) is 0 Å². The lowest BCUT2D eigenvalue weighted by Crippen LogP contribution is -2.19. The Labute approximate surface area is 97.5 Å². The fourth-order valence-electron chi connectivity index (χ4n) is 1.18. The number of carbonyl (C=O) groups excluding carboxylic acids is 1. The summed E-state index contributed by atoms with van der Waals surface area (Å²) < 4.78 is 0. The van der Waals surface area contributed by atoms with Crippen LogP contribution in [0, 0.1) is 10.1 Å². The summed E-state index contributed by atoms with van der Waals surface area (Å²) in [6.07, 6.45) is -0.117. The highest BCUT2D eigenvalue weighted by Crippen LogP contribution is 2.18. The maximum Gasteiger partial charge on any atom is 0.269 e. The highest BCUT2D eigenvalue weighted by atomic mass is 32.2. The Morgan fingerprint density at radius 3 is 2.62 bits per heavy atom. The maximum absolute atomic E-state index is 11.7. The van der Waals surface area contributed by atoms with E-state index in [9.17, 15) is 14.9 Å². The van der Waals surface area contributed by atoms with Gasteiger partial charge in [0.05, 0.1) is 6.42 Å². The van der Waals surface area contributed by atoms with Gasteiger partial charge in [0.15, 0.2) is 5.78 Å². The third kappa shape index (κ3) is 3.51. The number of benzene rings is 1. The van der Waals surface area contributed by atoms with Crippen LogP contribution in [0.5, 0.6) is 0 Å². The number of nitro groups is 1. The smallest absolute Gasteiger partial charge is 0.269 e. The van der Waals surface area contributed by atoms with Crippen LogP contribution in [0.3, 0.4) is 0 Å². The van der Waals surface area contributed by atoms with Gasteiger partial charge in [-0.1, -0.05) is 48.7 Å². The lowest BCUT2D eigenvalue weighted by molar-refractivity contribution is -0.493. The monoisotopic (exact) mass is 237 g/mol. The van der Waals surface area contributed by atoms with Gasteiger partial charge in [-0.3, -0.25) is 14.9 Å². The molecule has 0 aliphatic rings. The number of Topliss-reactive ketones (excluding diaryl/α,β-unsaturated/α-hetero) is 1. The van der Waals surface area contributed by atoms with Gasteiger partial charge >= 0.3 is 0 Å². The molecule has 0 amide bonds. The minimum atomic E-state index is -0.954. The van der Waals surface area contributed by atoms with Crippen molar-refractivity contribution in [3.8, 4) is 0 Å². The average molecular weight is 237 g/mol. The zero-order valence-corrected chi connectivity index (χ0v) is 9.35. The quantitative estimate of drug-likeness (QED) is 0.330. The number of hydrogen-bond acceptors (Lipinski definition) is 4. The number of thioether (sulfide) groups is 1. The molecule has 5 heteroatoms. The molecule has 0 saturated carbocycles. The van der Waals surface area contributed by atoms with Gasteiger partial charge in [-0.15, -0.1) is 0 Å². The highest BCUT2D eigenvalue weighted by molar-refractivity contribution is 8.02. The summed E-state index contributed by atoms with van der Waals surface area (Å²) in [6, 6.07) is 8.56. The molecule has 0 aromatic heterocycles. The van der Waals surface area contributed by atoms with Crippen LogP contribution < -0.4 is 0 Å². The zero-order chi connectivity index (χ0) is 12.0. The van der Waals surface area contributed by atoms with Gasteiger partial charge in [0.2, 0.25) is 0 Å². The van der Waals surface area contributed by atoms with Crippen LogP contribution in [0.4, 0.5) is 0 Å². The van der Waals surface area contributed by atoms with Crippen LogP contribution in [0.2, 0.25) is 0 Å². The van der Waals surface area contributed by atoms with Gasteiger partial charge in [-0.05, 0) is 5.41 Å². The predicted molar refractivity (Wildman–Crippen MR) is 64.0 cm³/mol. The van der Waals surface area contributed by atoms with E-state index in [4.69, 9.17) is 0 Å². The van der Waals surface area contributed by atoms with Crippen molar-refractivity contribution in [1.82, 2.24) is 0 Å². The Hall–Kier alpha value is -1.62. The van der Waals surface area contributed by atoms with E-state index in [2.05, 4.69) is 6.58 Å². The number of carbonyl (C=O) groups is 1. The van der Waals surface area contributed by atoms with Crippen LogP contribution >= 0.6 is 11.8 Å². The van der Waals surface area contributed by atoms with Crippen molar-refractivity contribution in [2.24, 2.45) is 0 Å². The lowest BCUT2D eigenvalue weighted by Gasteiger charge is -2.05. The Morgan fingerprint density at radius 1 is 1.50 bits per heavy atom. The molecule has 1 rings (SSSR count). The van der Waals surface area contributed by atoms with Gasteiger partial charge in [0, 0.05) is 10.5 Å². The van der Waals surface area contributed by atoms with Crippen LogP contribution in [-0.4, -0.2) is 16.1 Å². The second-order valence-electron chi connectivity index (χ2n) is 3.04. The van der Waals surface area contributed by atoms with E-state index in [0.29, 0.717) is 5.56 Å². The summed E-state index contributed by atoms with van der Waals surface area (Å²) in [5.41, 5.74) is 0.499. The lowest BCUT2D eigenvalue weighted by atomic mass is 10.1. The van der Waals surface area contributed by atoms with Crippen LogP contribution in [0.25, 0.3) is 0 Å². The molecule has 0 heterocycles. The minimum absolute atomic E-state index is 0.117. The molecule has 84 valence electrons. The molecule has 0 aliphatic carbocycles. The number of nitrogens with zero attached hydrogens (tertiary/aromatic N) is 1. The molecule has 4 nitrogen and oxygen atoms in total. The van der Waals surface area contributed by atoms with Crippen molar-refractivity contribution in [2.75, 3.05) is 0 Å². The number of rotatable bonds is 6. The molecule has 1 aromatic rings. The van der Waals surface area contributed by atoms with Gasteiger partial charge < -0.3 is 0 Å². The van der Waals surface area contributed by atoms with E-state index in [0.717, 1.165) is 11.8 Å². The molecule has 1 atom stereocenters. The molecule has 0 saturated heterocycles. The average Bonchev–Trinajstić information content (AvgIpc) is 2.29. The van der Waals surface area contributed by atoms with Crippen molar-refractivity contribution in [3.05, 3.63) is 58.0 Å². The third-order valence-electron chi connectivity index (χ3n) is 1.94. The predicted octanol–water partition coefficient (Wildman–Crippen LogP) is 2.74. The first-order valence-electron chi connectivity index (χ1n) is 4.63. The maximum atomic E-state index is 11.7. The fraction of sp³-hybridized carbons (Fsp3) is 0.182. The standard InChI is InChI=1S/C11H11NO3S/c1-2-16-11(12(14)15)8-10(13)9-6-4-3-5-7-9/h2-7,11H,1,8H2.